The minimum atomic E-state index is -2.48. The van der Waals surface area contributed by atoms with Crippen LogP contribution in [0.3, 0.4) is 0 Å². The quantitative estimate of drug-likeness (QED) is 0.267. The molecule has 1 N–H and O–H groups in total. The Hall–Kier alpha value is -0.425. The Bertz CT molecular complexity index is 885. The Morgan fingerprint density at radius 3 is 1.57 bits per heavy atom. The fraction of sp³-hybridized carbons (Fsp3) is 0.389. The molecule has 1 aromatic carbocycles. The number of hydrogen-bond donors (Lipinski definition) is 1. The zero-order valence-electron chi connectivity index (χ0n) is 18.1. The molecule has 9 nitrogen and oxygen atoms in total. The minimum absolute atomic E-state index is 0.273. The summed E-state index contributed by atoms with van der Waals surface area (Å²) in [4.78, 5) is 58.0. The summed E-state index contributed by atoms with van der Waals surface area (Å²) in [6, 6.07) is 0. The maximum atomic E-state index is 12.4. The third-order valence-electron chi connectivity index (χ3n) is 4.33. The molecule has 30 heavy (non-hydrogen) atoms. The average Bonchev–Trinajstić information content (AvgIpc) is 2.60. The van der Waals surface area contributed by atoms with Gasteiger partial charge in [-0.05, 0) is 0 Å². The molecule has 1 rings (SSSR count). The molecule has 152 valence electrons. The third-order valence-corrected chi connectivity index (χ3v) is 32.6. The van der Waals surface area contributed by atoms with E-state index in [1.54, 1.807) is 0 Å². The van der Waals surface area contributed by atoms with E-state index in [-0.39, 0.29) is 24.1 Å². The fourth-order valence-corrected chi connectivity index (χ4v) is 27.6. The van der Waals surface area contributed by atoms with E-state index < -0.39 is 87.0 Å². The topological polar surface area (TPSA) is 125 Å². The first kappa shape index (κ1) is 27.6. The first-order valence-corrected chi connectivity index (χ1v) is 24.2. The number of carbonyl (C=O) groups excluding carboxylic acids is 5. The second-order valence-electron chi connectivity index (χ2n) is 6.83. The van der Waals surface area contributed by atoms with Gasteiger partial charge in [0, 0.05) is 0 Å². The van der Waals surface area contributed by atoms with Gasteiger partial charge in [0.05, 0.1) is 0 Å². The van der Waals surface area contributed by atoms with E-state index >= 15 is 0 Å². The third kappa shape index (κ3) is 8.98. The van der Waals surface area contributed by atoms with Crippen molar-refractivity contribution in [2.45, 2.75) is 48.0 Å². The van der Waals surface area contributed by atoms with Crippen molar-refractivity contribution in [1.82, 2.24) is 0 Å². The predicted molar refractivity (Wildman–Crippen MR) is 94.0 cm³/mol. The Morgan fingerprint density at radius 2 is 1.13 bits per heavy atom. The molecule has 0 radical (unpaired) electrons. The molecular formula is C18H21Hg3NO8. The van der Waals surface area contributed by atoms with Crippen molar-refractivity contribution >= 4 is 44.5 Å². The van der Waals surface area contributed by atoms with E-state index in [9.17, 15) is 24.0 Å². The van der Waals surface area contributed by atoms with E-state index in [0.717, 1.165) is 20.3 Å². The Morgan fingerprint density at radius 1 is 0.700 bits per heavy atom. The van der Waals surface area contributed by atoms with Gasteiger partial charge >= 0.3 is 216 Å². The van der Waals surface area contributed by atoms with Crippen LogP contribution in [0.5, 0.6) is 0 Å². The summed E-state index contributed by atoms with van der Waals surface area (Å²) in [5.74, 6) is -1.86. The van der Waals surface area contributed by atoms with E-state index in [0.29, 0.717) is 5.69 Å². The number of carbonyl (C=O) groups is 5. The van der Waals surface area contributed by atoms with Crippen LogP contribution in [0.25, 0.3) is 0 Å². The molecule has 0 aliphatic carbocycles. The Labute approximate surface area is 213 Å². The molecule has 0 atom stereocenters. The van der Waals surface area contributed by atoms with Crippen LogP contribution in [0, 0.1) is 13.8 Å². The van der Waals surface area contributed by atoms with Crippen molar-refractivity contribution in [3.8, 4) is 0 Å². The number of rotatable bonds is 9. The van der Waals surface area contributed by atoms with Crippen LogP contribution in [0.4, 0.5) is 5.69 Å². The van der Waals surface area contributed by atoms with Gasteiger partial charge in [0.2, 0.25) is 0 Å². The van der Waals surface area contributed by atoms with Crippen molar-refractivity contribution < 1.29 is 107 Å². The van der Waals surface area contributed by atoms with E-state index in [2.05, 4.69) is 5.32 Å². The summed E-state index contributed by atoms with van der Waals surface area (Å²) in [5.41, 5.74) is 2.22. The summed E-state index contributed by atoms with van der Waals surface area (Å²) in [6.07, 6.45) is -0.273. The van der Waals surface area contributed by atoms with Gasteiger partial charge in [0.15, 0.2) is 0 Å². The first-order chi connectivity index (χ1) is 13.9. The number of Topliss-reactive ketones (excluding diaryl/α,β-unsaturated/α-hetero) is 1. The second kappa shape index (κ2) is 13.2. The maximum absolute atomic E-state index is 12.4. The molecule has 12 heteroatoms. The van der Waals surface area contributed by atoms with Gasteiger partial charge in [0.1, 0.15) is 0 Å². The summed E-state index contributed by atoms with van der Waals surface area (Å²) >= 11 is -7.21. The van der Waals surface area contributed by atoms with Crippen LogP contribution in [0.2, 0.25) is 0 Å². The van der Waals surface area contributed by atoms with E-state index in [4.69, 9.17) is 7.93 Å². The number of benzene rings is 1. The fourth-order valence-electron chi connectivity index (χ4n) is 2.89. The van der Waals surface area contributed by atoms with Crippen LogP contribution in [0.1, 0.15) is 45.2 Å². The molecule has 0 aliphatic rings. The molecular weight excluding hydrogens is 960 g/mol. The van der Waals surface area contributed by atoms with Crippen LogP contribution >= 0.6 is 0 Å². The van der Waals surface area contributed by atoms with E-state index in [1.165, 1.54) is 27.7 Å². The van der Waals surface area contributed by atoms with Crippen LogP contribution in [-0.4, -0.2) is 29.6 Å². The van der Waals surface area contributed by atoms with Gasteiger partial charge in [-0.15, -0.1) is 0 Å². The normalized spacial score (nSPS) is 9.40. The van der Waals surface area contributed by atoms with Crippen molar-refractivity contribution in [1.29, 1.82) is 0 Å². The van der Waals surface area contributed by atoms with Crippen LogP contribution in [0.15, 0.2) is 0 Å². The second-order valence-corrected chi connectivity index (χ2v) is 21.8. The Balaban J connectivity index is 3.63. The molecule has 0 bridgehead atoms. The van der Waals surface area contributed by atoms with Crippen molar-refractivity contribution in [2.24, 2.45) is 0 Å². The number of amides is 1. The number of anilines is 1. The molecule has 0 saturated heterocycles. The Kier molecular flexibility index (Phi) is 12.1. The van der Waals surface area contributed by atoms with Gasteiger partial charge in [-0.1, -0.05) is 0 Å². The molecule has 1 aromatic rings. The molecule has 0 unspecified atom stereocenters. The molecule has 0 aromatic heterocycles. The van der Waals surface area contributed by atoms with Crippen molar-refractivity contribution in [3.05, 3.63) is 11.1 Å². The molecule has 0 aliphatic heterocycles. The van der Waals surface area contributed by atoms with Gasteiger partial charge in [-0.25, -0.2) is 0 Å². The summed E-state index contributed by atoms with van der Waals surface area (Å²) in [5, 5.41) is 2.81. The number of hydrogen-bond acceptors (Lipinski definition) is 8. The molecule has 0 fully saturated rings. The number of nitrogens with one attached hydrogen (secondary N) is 1. The molecule has 0 saturated carbocycles. The molecule has 0 spiro atoms. The zero-order chi connectivity index (χ0) is 23.0. The monoisotopic (exact) mass is 985 g/mol. The van der Waals surface area contributed by atoms with Crippen LogP contribution in [-0.2, 0) is 107 Å². The van der Waals surface area contributed by atoms with Crippen LogP contribution < -0.4 is 14.5 Å². The van der Waals surface area contributed by atoms with Crippen molar-refractivity contribution in [2.75, 3.05) is 5.32 Å². The van der Waals surface area contributed by atoms with Gasteiger partial charge in [-0.2, -0.15) is 0 Å². The number of ketones is 1. The van der Waals surface area contributed by atoms with Gasteiger partial charge < -0.3 is 0 Å². The summed E-state index contributed by atoms with van der Waals surface area (Å²) in [6.45, 7) is 9.08. The zero-order valence-corrected chi connectivity index (χ0v) is 34.6. The van der Waals surface area contributed by atoms with Gasteiger partial charge in [0.25, 0.3) is 0 Å². The standard InChI is InChI=1S/C12H12NO2.3C2H4O2.3Hg/c1-8-4-5-11(9(2)6-8)13-12(15)7-10(3)14;3*1-2(3)4;;;/h7H2,1-3H3,(H,13,15);3*1H3,(H,3,4);;;/q;;;;3*+1/p-3. The SMILES string of the molecule is CC(=O)CC(=O)Nc1c(C)[c]([Hg][O]C(C)=O)c(C)[c]([Hg][O]C(C)=O)[c]1[Hg][O]C(C)=O. The van der Waals surface area contributed by atoms with Gasteiger partial charge in [-0.3, -0.25) is 0 Å². The summed E-state index contributed by atoms with van der Waals surface area (Å²) in [7, 11) is 0. The van der Waals surface area contributed by atoms with E-state index in [1.807, 2.05) is 13.8 Å². The van der Waals surface area contributed by atoms with Crippen molar-refractivity contribution in [3.63, 3.8) is 0 Å². The summed E-state index contributed by atoms with van der Waals surface area (Å²) < 4.78 is 18.8. The first-order valence-electron chi connectivity index (χ1n) is 9.27. The predicted octanol–water partition coefficient (Wildman–Crippen LogP) is -0.221. The molecule has 0 heterocycles. The molecule has 1 amide bonds. The average molecular weight is 981 g/mol.